The number of para-hydroxylation sites is 1. The molecule has 5 nitrogen and oxygen atoms in total. The Morgan fingerprint density at radius 1 is 1.07 bits per heavy atom. The van der Waals surface area contributed by atoms with Gasteiger partial charge in [0.2, 0.25) is 0 Å². The molecule has 0 radical (unpaired) electrons. The number of carbonyl (C=O) groups excluding carboxylic acids is 2. The van der Waals surface area contributed by atoms with E-state index >= 15 is 0 Å². The highest BCUT2D eigenvalue weighted by atomic mass is 16.5. The number of aliphatic hydroxyl groups is 1. The average Bonchev–Trinajstić information content (AvgIpc) is 2.93. The molecule has 0 aliphatic carbocycles. The molecule has 1 amide bonds. The fourth-order valence-electron chi connectivity index (χ4n) is 3.57. The fourth-order valence-corrected chi connectivity index (χ4v) is 3.57. The van der Waals surface area contributed by atoms with Crippen LogP contribution in [0.4, 0.5) is 5.69 Å². The van der Waals surface area contributed by atoms with Gasteiger partial charge in [0.25, 0.3) is 5.91 Å². The highest BCUT2D eigenvalue weighted by Gasteiger charge is 2.44. The third-order valence-electron chi connectivity index (χ3n) is 4.68. The SMILES string of the molecule is CC(C)CC(=O)C1=C(O)C(=O)N(c2ccccc2)C1c1cccc(OC(C)C)c1. The lowest BCUT2D eigenvalue weighted by Crippen LogP contribution is -2.31. The molecule has 0 bridgehead atoms. The predicted octanol–water partition coefficient (Wildman–Crippen LogP) is 4.99. The summed E-state index contributed by atoms with van der Waals surface area (Å²) in [6.45, 7) is 7.75. The summed E-state index contributed by atoms with van der Waals surface area (Å²) in [5.41, 5.74) is 1.49. The fraction of sp³-hybridized carbons (Fsp3) is 0.333. The Morgan fingerprint density at radius 2 is 1.76 bits per heavy atom. The van der Waals surface area contributed by atoms with E-state index < -0.39 is 17.7 Å². The van der Waals surface area contributed by atoms with Crippen LogP contribution in [0.15, 0.2) is 65.9 Å². The number of benzene rings is 2. The number of Topliss-reactive ketones (excluding diaryl/α,β-unsaturated/α-hetero) is 1. The Bertz CT molecular complexity index is 931. The third kappa shape index (κ3) is 4.34. The van der Waals surface area contributed by atoms with Crippen molar-refractivity contribution in [3.63, 3.8) is 0 Å². The van der Waals surface area contributed by atoms with Gasteiger partial charge in [0, 0.05) is 12.1 Å². The van der Waals surface area contributed by atoms with Crippen molar-refractivity contribution < 1.29 is 19.4 Å². The number of nitrogens with zero attached hydrogens (tertiary/aromatic N) is 1. The molecule has 1 aliphatic rings. The van der Waals surface area contributed by atoms with Crippen molar-refractivity contribution in [3.8, 4) is 5.75 Å². The van der Waals surface area contributed by atoms with E-state index in [0.29, 0.717) is 11.4 Å². The molecule has 0 spiro atoms. The zero-order chi connectivity index (χ0) is 21.1. The topological polar surface area (TPSA) is 66.8 Å². The van der Waals surface area contributed by atoms with Crippen molar-refractivity contribution >= 4 is 17.4 Å². The largest absolute Gasteiger partial charge is 0.503 e. The Balaban J connectivity index is 2.12. The number of amides is 1. The first-order valence-electron chi connectivity index (χ1n) is 9.91. The highest BCUT2D eigenvalue weighted by Crippen LogP contribution is 2.42. The Kier molecular flexibility index (Phi) is 6.06. The zero-order valence-corrected chi connectivity index (χ0v) is 17.3. The maximum atomic E-state index is 13.0. The normalized spacial score (nSPS) is 16.8. The minimum Gasteiger partial charge on any atom is -0.503 e. The van der Waals surface area contributed by atoms with Gasteiger partial charge in [-0.3, -0.25) is 14.5 Å². The number of ketones is 1. The van der Waals surface area contributed by atoms with Crippen LogP contribution in [0, 0.1) is 5.92 Å². The number of aliphatic hydroxyl groups excluding tert-OH is 1. The molecular formula is C24H27NO4. The first kappa shape index (κ1) is 20.6. The molecule has 1 aliphatic heterocycles. The number of rotatable bonds is 7. The van der Waals surface area contributed by atoms with Gasteiger partial charge >= 0.3 is 0 Å². The van der Waals surface area contributed by atoms with Gasteiger partial charge in [0.1, 0.15) is 5.75 Å². The van der Waals surface area contributed by atoms with E-state index in [1.807, 2.05) is 70.2 Å². The van der Waals surface area contributed by atoms with E-state index in [1.165, 1.54) is 4.90 Å². The molecule has 0 fully saturated rings. The van der Waals surface area contributed by atoms with Crippen LogP contribution in [0.2, 0.25) is 0 Å². The van der Waals surface area contributed by atoms with E-state index in [2.05, 4.69) is 0 Å². The van der Waals surface area contributed by atoms with Crippen molar-refractivity contribution in [2.75, 3.05) is 4.90 Å². The van der Waals surface area contributed by atoms with Crippen molar-refractivity contribution in [2.45, 2.75) is 46.3 Å². The minimum atomic E-state index is -0.702. The van der Waals surface area contributed by atoms with Gasteiger partial charge in [-0.1, -0.05) is 44.2 Å². The maximum absolute atomic E-state index is 13.0. The van der Waals surface area contributed by atoms with Gasteiger partial charge in [-0.25, -0.2) is 0 Å². The second-order valence-electron chi connectivity index (χ2n) is 7.94. The van der Waals surface area contributed by atoms with E-state index in [-0.39, 0.29) is 29.8 Å². The van der Waals surface area contributed by atoms with Gasteiger partial charge in [-0.2, -0.15) is 0 Å². The summed E-state index contributed by atoms with van der Waals surface area (Å²) in [6.07, 6.45) is 0.250. The highest BCUT2D eigenvalue weighted by molar-refractivity contribution is 6.16. The summed E-state index contributed by atoms with van der Waals surface area (Å²) in [5.74, 6) is -0.493. The van der Waals surface area contributed by atoms with Crippen LogP contribution >= 0.6 is 0 Å². The van der Waals surface area contributed by atoms with Crippen LogP contribution in [-0.4, -0.2) is 22.9 Å². The predicted molar refractivity (Wildman–Crippen MR) is 113 cm³/mol. The van der Waals surface area contributed by atoms with E-state index in [4.69, 9.17) is 4.74 Å². The molecule has 1 unspecified atom stereocenters. The summed E-state index contributed by atoms with van der Waals surface area (Å²) in [4.78, 5) is 27.5. The second-order valence-corrected chi connectivity index (χ2v) is 7.94. The average molecular weight is 393 g/mol. The van der Waals surface area contributed by atoms with Gasteiger partial charge < -0.3 is 9.84 Å². The molecular weight excluding hydrogens is 366 g/mol. The lowest BCUT2D eigenvalue weighted by atomic mass is 9.92. The van der Waals surface area contributed by atoms with Crippen LogP contribution in [0.1, 0.15) is 45.7 Å². The summed E-state index contributed by atoms with van der Waals surface area (Å²) >= 11 is 0. The monoisotopic (exact) mass is 393 g/mol. The Labute approximate surface area is 171 Å². The molecule has 29 heavy (non-hydrogen) atoms. The maximum Gasteiger partial charge on any atom is 0.294 e. The molecule has 0 saturated carbocycles. The third-order valence-corrected chi connectivity index (χ3v) is 4.68. The summed E-state index contributed by atoms with van der Waals surface area (Å²) in [7, 11) is 0. The summed E-state index contributed by atoms with van der Waals surface area (Å²) < 4.78 is 5.80. The molecule has 3 rings (SSSR count). The van der Waals surface area contributed by atoms with Crippen molar-refractivity contribution in [1.29, 1.82) is 0 Å². The quantitative estimate of drug-likeness (QED) is 0.720. The van der Waals surface area contributed by atoms with Crippen LogP contribution in [0.25, 0.3) is 0 Å². The number of ether oxygens (including phenoxy) is 1. The molecule has 2 aromatic carbocycles. The van der Waals surface area contributed by atoms with Crippen LogP contribution in [0.3, 0.4) is 0 Å². The van der Waals surface area contributed by atoms with Crippen LogP contribution in [0.5, 0.6) is 5.75 Å². The first-order chi connectivity index (χ1) is 13.8. The number of hydrogen-bond acceptors (Lipinski definition) is 4. The zero-order valence-electron chi connectivity index (χ0n) is 17.3. The smallest absolute Gasteiger partial charge is 0.294 e. The molecule has 1 N–H and O–H groups in total. The minimum absolute atomic E-state index is 0.00771. The molecule has 0 aromatic heterocycles. The second kappa shape index (κ2) is 8.52. The molecule has 5 heteroatoms. The molecule has 1 atom stereocenters. The lowest BCUT2D eigenvalue weighted by molar-refractivity contribution is -0.118. The van der Waals surface area contributed by atoms with Gasteiger partial charge in [0.15, 0.2) is 11.5 Å². The van der Waals surface area contributed by atoms with E-state index in [1.54, 1.807) is 12.1 Å². The summed E-state index contributed by atoms with van der Waals surface area (Å²) in [6, 6.07) is 15.7. The molecule has 152 valence electrons. The van der Waals surface area contributed by atoms with Gasteiger partial charge in [-0.15, -0.1) is 0 Å². The van der Waals surface area contributed by atoms with Crippen molar-refractivity contribution in [2.24, 2.45) is 5.92 Å². The van der Waals surface area contributed by atoms with Crippen molar-refractivity contribution in [3.05, 3.63) is 71.5 Å². The first-order valence-corrected chi connectivity index (χ1v) is 9.91. The van der Waals surface area contributed by atoms with Crippen LogP contribution in [-0.2, 0) is 9.59 Å². The van der Waals surface area contributed by atoms with Gasteiger partial charge in [0.05, 0.1) is 17.7 Å². The molecule has 1 heterocycles. The van der Waals surface area contributed by atoms with E-state index in [9.17, 15) is 14.7 Å². The Morgan fingerprint density at radius 3 is 2.38 bits per heavy atom. The standard InChI is InChI=1S/C24H27NO4/c1-15(2)13-20(26)21-22(17-9-8-12-19(14-17)29-16(3)4)25(24(28)23(21)27)18-10-6-5-7-11-18/h5-12,14-16,22,27H,13H2,1-4H3. The van der Waals surface area contributed by atoms with E-state index in [0.717, 1.165) is 5.56 Å². The number of anilines is 1. The lowest BCUT2D eigenvalue weighted by Gasteiger charge is -2.27. The molecule has 2 aromatic rings. The molecule has 0 saturated heterocycles. The summed E-state index contributed by atoms with van der Waals surface area (Å²) in [5, 5.41) is 10.7. The number of carbonyl (C=O) groups is 2. The van der Waals surface area contributed by atoms with Gasteiger partial charge in [-0.05, 0) is 49.6 Å². The van der Waals surface area contributed by atoms with Crippen molar-refractivity contribution in [1.82, 2.24) is 0 Å². The Hall–Kier alpha value is -3.08. The van der Waals surface area contributed by atoms with Crippen LogP contribution < -0.4 is 9.64 Å². The number of hydrogen-bond donors (Lipinski definition) is 1.